The lowest BCUT2D eigenvalue weighted by Crippen LogP contribution is -2.27. The van der Waals surface area contributed by atoms with Crippen LogP contribution in [0.3, 0.4) is 0 Å². The standard InChI is InChI=1S/C19H22BrNO3/c1-13(15-6-4-5-7-16(15)20)21-19(22)11-9-14-8-10-17(23-2)18(12-14)24-3/h4-8,10,12-13H,9,11H2,1-3H3,(H,21,22). The highest BCUT2D eigenvalue weighted by Crippen LogP contribution is 2.28. The first kappa shape index (κ1) is 18.3. The van der Waals surface area contributed by atoms with Gasteiger partial charge >= 0.3 is 0 Å². The maximum Gasteiger partial charge on any atom is 0.220 e. The molecule has 4 nitrogen and oxygen atoms in total. The van der Waals surface area contributed by atoms with E-state index in [-0.39, 0.29) is 11.9 Å². The number of carbonyl (C=O) groups is 1. The van der Waals surface area contributed by atoms with Crippen molar-refractivity contribution in [3.8, 4) is 11.5 Å². The molecule has 2 rings (SSSR count). The zero-order chi connectivity index (χ0) is 17.5. The van der Waals surface area contributed by atoms with Crippen LogP contribution < -0.4 is 14.8 Å². The molecule has 2 aromatic rings. The Morgan fingerprint density at radius 1 is 1.12 bits per heavy atom. The van der Waals surface area contributed by atoms with E-state index < -0.39 is 0 Å². The summed E-state index contributed by atoms with van der Waals surface area (Å²) >= 11 is 3.51. The fraction of sp³-hybridized carbons (Fsp3) is 0.316. The molecule has 0 aliphatic rings. The third kappa shape index (κ3) is 4.74. The Labute approximate surface area is 151 Å². The van der Waals surface area contributed by atoms with Crippen molar-refractivity contribution >= 4 is 21.8 Å². The Hall–Kier alpha value is -2.01. The number of carbonyl (C=O) groups excluding carboxylic acids is 1. The van der Waals surface area contributed by atoms with Gasteiger partial charge in [-0.1, -0.05) is 40.2 Å². The zero-order valence-electron chi connectivity index (χ0n) is 14.1. The first-order chi connectivity index (χ1) is 11.5. The minimum Gasteiger partial charge on any atom is -0.493 e. The van der Waals surface area contributed by atoms with Gasteiger partial charge < -0.3 is 14.8 Å². The molecule has 1 unspecified atom stereocenters. The molecule has 1 N–H and O–H groups in total. The molecule has 0 fully saturated rings. The SMILES string of the molecule is COc1ccc(CCC(=O)NC(C)c2ccccc2Br)cc1OC. The number of hydrogen-bond donors (Lipinski definition) is 1. The van der Waals surface area contributed by atoms with Gasteiger partial charge in [0.2, 0.25) is 5.91 Å². The van der Waals surface area contributed by atoms with Gasteiger partial charge in [0, 0.05) is 10.9 Å². The predicted octanol–water partition coefficient (Wildman–Crippen LogP) is 4.28. The van der Waals surface area contributed by atoms with Crippen LogP contribution in [0, 0.1) is 0 Å². The van der Waals surface area contributed by atoms with Crippen molar-refractivity contribution in [1.82, 2.24) is 5.32 Å². The minimum absolute atomic E-state index is 0.0213. The molecule has 0 saturated carbocycles. The second-order valence-corrected chi connectivity index (χ2v) is 6.35. The molecule has 0 aliphatic carbocycles. The smallest absolute Gasteiger partial charge is 0.220 e. The number of benzene rings is 2. The minimum atomic E-state index is -0.0431. The molecule has 0 aliphatic heterocycles. The van der Waals surface area contributed by atoms with Gasteiger partial charge in [-0.3, -0.25) is 4.79 Å². The first-order valence-corrected chi connectivity index (χ1v) is 8.59. The molecule has 0 aromatic heterocycles. The number of hydrogen-bond acceptors (Lipinski definition) is 3. The lowest BCUT2D eigenvalue weighted by Gasteiger charge is -2.16. The lowest BCUT2D eigenvalue weighted by molar-refractivity contribution is -0.121. The van der Waals surface area contributed by atoms with E-state index in [1.807, 2.05) is 49.4 Å². The molecule has 128 valence electrons. The highest BCUT2D eigenvalue weighted by Gasteiger charge is 2.12. The molecule has 1 amide bonds. The lowest BCUT2D eigenvalue weighted by atomic mass is 10.1. The molecule has 0 saturated heterocycles. The highest BCUT2D eigenvalue weighted by atomic mass is 79.9. The third-order valence-electron chi connectivity index (χ3n) is 3.84. The molecule has 24 heavy (non-hydrogen) atoms. The number of halogens is 1. The molecule has 0 bridgehead atoms. The number of amides is 1. The molecule has 2 aromatic carbocycles. The summed E-state index contributed by atoms with van der Waals surface area (Å²) in [5.41, 5.74) is 2.10. The summed E-state index contributed by atoms with van der Waals surface area (Å²) in [6, 6.07) is 13.6. The number of methoxy groups -OCH3 is 2. The van der Waals surface area contributed by atoms with E-state index in [4.69, 9.17) is 9.47 Å². The summed E-state index contributed by atoms with van der Waals surface area (Å²) in [7, 11) is 3.21. The van der Waals surface area contributed by atoms with Crippen molar-refractivity contribution in [2.24, 2.45) is 0 Å². The van der Waals surface area contributed by atoms with Crippen LogP contribution in [0.4, 0.5) is 0 Å². The highest BCUT2D eigenvalue weighted by molar-refractivity contribution is 9.10. The molecule has 1 atom stereocenters. The van der Waals surface area contributed by atoms with Gasteiger partial charge in [-0.05, 0) is 42.7 Å². The number of rotatable bonds is 7. The maximum absolute atomic E-state index is 12.2. The number of nitrogens with one attached hydrogen (secondary N) is 1. The zero-order valence-corrected chi connectivity index (χ0v) is 15.7. The monoisotopic (exact) mass is 391 g/mol. The molecule has 0 radical (unpaired) electrons. The van der Waals surface area contributed by atoms with Crippen molar-refractivity contribution in [2.45, 2.75) is 25.8 Å². The summed E-state index contributed by atoms with van der Waals surface area (Å²) < 4.78 is 11.5. The molecule has 0 spiro atoms. The van der Waals surface area contributed by atoms with Crippen LogP contribution in [0.15, 0.2) is 46.9 Å². The van der Waals surface area contributed by atoms with Gasteiger partial charge in [-0.15, -0.1) is 0 Å². The normalized spacial score (nSPS) is 11.7. The van der Waals surface area contributed by atoms with Gasteiger partial charge in [0.15, 0.2) is 11.5 Å². The second-order valence-electron chi connectivity index (χ2n) is 5.50. The summed E-state index contributed by atoms with van der Waals surface area (Å²) in [5.74, 6) is 1.39. The summed E-state index contributed by atoms with van der Waals surface area (Å²) in [4.78, 5) is 12.2. The maximum atomic E-state index is 12.2. The van der Waals surface area contributed by atoms with Gasteiger partial charge in [0.25, 0.3) is 0 Å². The first-order valence-electron chi connectivity index (χ1n) is 7.80. The molecule has 5 heteroatoms. The van der Waals surface area contributed by atoms with Crippen LogP contribution in [0.25, 0.3) is 0 Å². The van der Waals surface area contributed by atoms with Gasteiger partial charge in [0.1, 0.15) is 0 Å². The summed E-state index contributed by atoms with van der Waals surface area (Å²) in [6.07, 6.45) is 1.07. The van der Waals surface area contributed by atoms with Crippen molar-refractivity contribution in [3.63, 3.8) is 0 Å². The summed E-state index contributed by atoms with van der Waals surface area (Å²) in [5, 5.41) is 3.03. The van der Waals surface area contributed by atoms with Crippen LogP contribution in [0.2, 0.25) is 0 Å². The van der Waals surface area contributed by atoms with Crippen molar-refractivity contribution in [3.05, 3.63) is 58.1 Å². The number of ether oxygens (including phenoxy) is 2. The van der Waals surface area contributed by atoms with E-state index in [1.165, 1.54) is 0 Å². The van der Waals surface area contributed by atoms with Crippen molar-refractivity contribution in [1.29, 1.82) is 0 Å². The average Bonchev–Trinajstić information content (AvgIpc) is 2.59. The molecular formula is C19H22BrNO3. The van der Waals surface area contributed by atoms with E-state index >= 15 is 0 Å². The van der Waals surface area contributed by atoms with E-state index in [0.29, 0.717) is 24.3 Å². The Balaban J connectivity index is 1.92. The van der Waals surface area contributed by atoms with E-state index in [0.717, 1.165) is 15.6 Å². The average molecular weight is 392 g/mol. The second kappa shape index (κ2) is 8.73. The Kier molecular flexibility index (Phi) is 6.67. The van der Waals surface area contributed by atoms with Crippen LogP contribution >= 0.6 is 15.9 Å². The largest absolute Gasteiger partial charge is 0.493 e. The third-order valence-corrected chi connectivity index (χ3v) is 4.56. The predicted molar refractivity (Wildman–Crippen MR) is 98.6 cm³/mol. The van der Waals surface area contributed by atoms with Crippen LogP contribution in [0.5, 0.6) is 11.5 Å². The van der Waals surface area contributed by atoms with Crippen LogP contribution in [-0.2, 0) is 11.2 Å². The van der Waals surface area contributed by atoms with Crippen molar-refractivity contribution in [2.75, 3.05) is 14.2 Å². The Bertz CT molecular complexity index is 703. The Morgan fingerprint density at radius 2 is 1.83 bits per heavy atom. The van der Waals surface area contributed by atoms with Gasteiger partial charge in [0.05, 0.1) is 20.3 Å². The van der Waals surface area contributed by atoms with E-state index in [1.54, 1.807) is 14.2 Å². The van der Waals surface area contributed by atoms with Gasteiger partial charge in [-0.2, -0.15) is 0 Å². The quantitative estimate of drug-likeness (QED) is 0.765. The topological polar surface area (TPSA) is 47.6 Å². The number of aryl methyl sites for hydroxylation is 1. The fourth-order valence-corrected chi connectivity index (χ4v) is 3.14. The Morgan fingerprint density at radius 3 is 2.50 bits per heavy atom. The van der Waals surface area contributed by atoms with Crippen LogP contribution in [-0.4, -0.2) is 20.1 Å². The molecule has 0 heterocycles. The van der Waals surface area contributed by atoms with E-state index in [2.05, 4.69) is 21.2 Å². The summed E-state index contributed by atoms with van der Waals surface area (Å²) in [6.45, 7) is 1.98. The van der Waals surface area contributed by atoms with Crippen molar-refractivity contribution < 1.29 is 14.3 Å². The molecular weight excluding hydrogens is 370 g/mol. The van der Waals surface area contributed by atoms with E-state index in [9.17, 15) is 4.79 Å². The van der Waals surface area contributed by atoms with Gasteiger partial charge in [-0.25, -0.2) is 0 Å². The fourth-order valence-electron chi connectivity index (χ4n) is 2.51. The van der Waals surface area contributed by atoms with Crippen LogP contribution in [0.1, 0.15) is 30.5 Å².